The van der Waals surface area contributed by atoms with E-state index in [0.29, 0.717) is 45.0 Å². The van der Waals surface area contributed by atoms with Crippen molar-refractivity contribution in [2.24, 2.45) is 0 Å². The molecule has 0 aliphatic heterocycles. The molecular weight excluding hydrogens is 411 g/mol. The maximum atomic E-state index is 14.7. The van der Waals surface area contributed by atoms with Crippen molar-refractivity contribution >= 4 is 34.0 Å². The van der Waals surface area contributed by atoms with Crippen molar-refractivity contribution in [3.05, 3.63) is 60.2 Å². The highest BCUT2D eigenvalue weighted by molar-refractivity contribution is 6.03. The maximum absolute atomic E-state index is 14.7. The molecule has 1 saturated carbocycles. The van der Waals surface area contributed by atoms with E-state index >= 15 is 0 Å². The van der Waals surface area contributed by atoms with Gasteiger partial charge in [0.05, 0.1) is 23.9 Å². The van der Waals surface area contributed by atoms with E-state index in [-0.39, 0.29) is 17.6 Å². The first-order chi connectivity index (χ1) is 15.2. The van der Waals surface area contributed by atoms with E-state index in [4.69, 9.17) is 4.74 Å². The van der Waals surface area contributed by atoms with Gasteiger partial charge in [-0.25, -0.2) is 14.4 Å². The molecule has 8 heteroatoms. The summed E-state index contributed by atoms with van der Waals surface area (Å²) >= 11 is 0. The second-order valence-corrected chi connectivity index (χ2v) is 8.36. The molecular formula is C24H25FN4O3. The minimum Gasteiger partial charge on any atom is -0.494 e. The summed E-state index contributed by atoms with van der Waals surface area (Å²) in [5.41, 5.74) is 1.35. The molecule has 0 unspecified atom stereocenters. The lowest BCUT2D eigenvalue weighted by atomic mass is 9.93. The molecule has 166 valence electrons. The van der Waals surface area contributed by atoms with Gasteiger partial charge in [-0.3, -0.25) is 4.79 Å². The Morgan fingerprint density at radius 1 is 1.25 bits per heavy atom. The Labute approximate surface area is 185 Å². The molecule has 1 aromatic heterocycles. The molecule has 0 radical (unpaired) electrons. The molecule has 4 rings (SSSR count). The molecule has 3 aromatic rings. The van der Waals surface area contributed by atoms with E-state index in [1.807, 2.05) is 0 Å². The number of methoxy groups -OCH3 is 1. The molecule has 0 atom stereocenters. The van der Waals surface area contributed by atoms with Gasteiger partial charge in [-0.2, -0.15) is 0 Å². The second-order valence-electron chi connectivity index (χ2n) is 8.36. The van der Waals surface area contributed by atoms with Crippen molar-refractivity contribution in [2.45, 2.75) is 38.2 Å². The van der Waals surface area contributed by atoms with Crippen LogP contribution in [0.25, 0.3) is 10.9 Å². The van der Waals surface area contributed by atoms with E-state index in [0.717, 1.165) is 18.9 Å². The molecule has 1 heterocycles. The number of carbonyl (C=O) groups excluding carboxylic acids is 1. The van der Waals surface area contributed by atoms with Gasteiger partial charge in [0.15, 0.2) is 0 Å². The Hall–Kier alpha value is -3.52. The van der Waals surface area contributed by atoms with Crippen LogP contribution in [-0.2, 0) is 10.4 Å². The predicted octanol–water partition coefficient (Wildman–Crippen LogP) is 4.75. The van der Waals surface area contributed by atoms with Crippen molar-refractivity contribution in [3.8, 4) is 5.75 Å². The van der Waals surface area contributed by atoms with Gasteiger partial charge in [-0.1, -0.05) is 6.58 Å². The molecule has 7 nitrogen and oxygen atoms in total. The molecule has 2 aromatic carbocycles. The monoisotopic (exact) mass is 436 g/mol. The molecule has 3 N–H and O–H groups in total. The molecule has 1 aliphatic carbocycles. The summed E-state index contributed by atoms with van der Waals surface area (Å²) in [5, 5.41) is 17.2. The zero-order valence-corrected chi connectivity index (χ0v) is 18.2. The fourth-order valence-corrected chi connectivity index (χ4v) is 3.67. The number of carbonyl (C=O) groups is 1. The first-order valence-electron chi connectivity index (χ1n) is 10.3. The van der Waals surface area contributed by atoms with E-state index in [9.17, 15) is 14.3 Å². The smallest absolute Gasteiger partial charge is 0.247 e. The van der Waals surface area contributed by atoms with Gasteiger partial charge < -0.3 is 20.5 Å². The van der Waals surface area contributed by atoms with Gasteiger partial charge in [0, 0.05) is 22.7 Å². The number of aliphatic hydroxyl groups is 1. The Morgan fingerprint density at radius 2 is 2.00 bits per heavy atom. The quantitative estimate of drug-likeness (QED) is 0.463. The molecule has 0 bridgehead atoms. The number of rotatable bonds is 7. The zero-order chi connectivity index (χ0) is 23.0. The number of nitrogens with one attached hydrogen (secondary N) is 2. The van der Waals surface area contributed by atoms with Crippen LogP contribution in [-0.4, -0.2) is 28.1 Å². The van der Waals surface area contributed by atoms with E-state index in [1.165, 1.54) is 19.5 Å². The highest BCUT2D eigenvalue weighted by Gasteiger charge is 2.30. The SMILES string of the molecule is C=CC(=O)Nc1cc2c(Nc3cc(C4CC4)c(F)cc3C(C)(C)O)ncnc2cc1OC. The normalized spacial score (nSPS) is 13.7. The average molecular weight is 436 g/mol. The number of hydrogen-bond donors (Lipinski definition) is 3. The third kappa shape index (κ3) is 4.27. The predicted molar refractivity (Wildman–Crippen MR) is 122 cm³/mol. The first-order valence-corrected chi connectivity index (χ1v) is 10.3. The summed E-state index contributed by atoms with van der Waals surface area (Å²) < 4.78 is 20.1. The highest BCUT2D eigenvalue weighted by atomic mass is 19.1. The standard InChI is InChI=1S/C24H25FN4O3/c1-5-22(30)28-20-9-15-18(11-21(20)32-4)26-12-27-23(15)29-19-8-14(13-6-7-13)17(25)10-16(19)24(2,3)31/h5,8-13,31H,1,6-7H2,2-4H3,(H,28,30)(H,26,27,29). The fourth-order valence-electron chi connectivity index (χ4n) is 3.67. The number of amides is 1. The zero-order valence-electron chi connectivity index (χ0n) is 18.2. The average Bonchev–Trinajstić information content (AvgIpc) is 3.59. The van der Waals surface area contributed by atoms with Crippen LogP contribution in [0, 0.1) is 5.82 Å². The lowest BCUT2D eigenvalue weighted by molar-refractivity contribution is -0.111. The molecule has 32 heavy (non-hydrogen) atoms. The number of halogens is 1. The van der Waals surface area contributed by atoms with Crippen LogP contribution in [0.2, 0.25) is 0 Å². The van der Waals surface area contributed by atoms with Crippen LogP contribution < -0.4 is 15.4 Å². The van der Waals surface area contributed by atoms with Crippen LogP contribution in [0.1, 0.15) is 43.7 Å². The van der Waals surface area contributed by atoms with Gasteiger partial charge in [0.1, 0.15) is 23.7 Å². The number of hydrogen-bond acceptors (Lipinski definition) is 6. The van der Waals surface area contributed by atoms with Gasteiger partial charge in [0.2, 0.25) is 5.91 Å². The van der Waals surface area contributed by atoms with Crippen molar-refractivity contribution in [1.29, 1.82) is 0 Å². The summed E-state index contributed by atoms with van der Waals surface area (Å²) in [6.45, 7) is 6.68. The summed E-state index contributed by atoms with van der Waals surface area (Å²) in [6, 6.07) is 6.53. The number of ether oxygens (including phenoxy) is 1. The van der Waals surface area contributed by atoms with Gasteiger partial charge in [-0.05, 0) is 62.4 Å². The third-order valence-corrected chi connectivity index (χ3v) is 5.47. The largest absolute Gasteiger partial charge is 0.494 e. The minimum atomic E-state index is -1.28. The van der Waals surface area contributed by atoms with Crippen molar-refractivity contribution in [2.75, 3.05) is 17.7 Å². The van der Waals surface area contributed by atoms with Crippen molar-refractivity contribution in [3.63, 3.8) is 0 Å². The molecule has 1 aliphatic rings. The second kappa shape index (κ2) is 8.20. The minimum absolute atomic E-state index is 0.193. The van der Waals surface area contributed by atoms with Crippen molar-refractivity contribution in [1.82, 2.24) is 9.97 Å². The van der Waals surface area contributed by atoms with E-state index in [2.05, 4.69) is 27.2 Å². The third-order valence-electron chi connectivity index (χ3n) is 5.47. The van der Waals surface area contributed by atoms with Crippen LogP contribution in [0.5, 0.6) is 5.75 Å². The Morgan fingerprint density at radius 3 is 2.62 bits per heavy atom. The Balaban J connectivity index is 1.84. The van der Waals surface area contributed by atoms with E-state index < -0.39 is 5.60 Å². The fraction of sp³-hybridized carbons (Fsp3) is 0.292. The number of benzene rings is 2. The highest BCUT2D eigenvalue weighted by Crippen LogP contribution is 2.44. The van der Waals surface area contributed by atoms with Crippen molar-refractivity contribution < 1.29 is 19.0 Å². The molecule has 1 fully saturated rings. The summed E-state index contributed by atoms with van der Waals surface area (Å²) in [6.07, 6.45) is 4.46. The molecule has 0 saturated heterocycles. The summed E-state index contributed by atoms with van der Waals surface area (Å²) in [5.74, 6) is 0.379. The van der Waals surface area contributed by atoms with Crippen LogP contribution in [0.15, 0.2) is 43.2 Å². The molecule has 1 amide bonds. The Bertz CT molecular complexity index is 1220. The number of fused-ring (bicyclic) bond motifs is 1. The van der Waals surface area contributed by atoms with Crippen LogP contribution in [0.4, 0.5) is 21.6 Å². The van der Waals surface area contributed by atoms with Gasteiger partial charge >= 0.3 is 0 Å². The number of nitrogens with zero attached hydrogens (tertiary/aromatic N) is 2. The summed E-state index contributed by atoms with van der Waals surface area (Å²) in [4.78, 5) is 20.5. The Kier molecular flexibility index (Phi) is 5.56. The van der Waals surface area contributed by atoms with Gasteiger partial charge in [-0.15, -0.1) is 0 Å². The molecule has 0 spiro atoms. The number of anilines is 3. The first kappa shape index (κ1) is 21.7. The van der Waals surface area contributed by atoms with E-state index in [1.54, 1.807) is 32.0 Å². The number of aromatic nitrogens is 2. The van der Waals surface area contributed by atoms with Crippen LogP contribution >= 0.6 is 0 Å². The summed E-state index contributed by atoms with van der Waals surface area (Å²) in [7, 11) is 1.50. The van der Waals surface area contributed by atoms with Gasteiger partial charge in [0.25, 0.3) is 0 Å². The van der Waals surface area contributed by atoms with Crippen LogP contribution in [0.3, 0.4) is 0 Å². The lowest BCUT2D eigenvalue weighted by Crippen LogP contribution is -2.18. The maximum Gasteiger partial charge on any atom is 0.247 e. The topological polar surface area (TPSA) is 96.4 Å². The lowest BCUT2D eigenvalue weighted by Gasteiger charge is -2.24.